The number of halogens is 1. The van der Waals surface area contributed by atoms with Crippen molar-refractivity contribution in [2.45, 2.75) is 31.1 Å². The molecule has 4 nitrogen and oxygen atoms in total. The summed E-state index contributed by atoms with van der Waals surface area (Å²) in [5, 5.41) is 11.0. The second kappa shape index (κ2) is 3.38. The molecule has 3 rings (SSSR count). The van der Waals surface area contributed by atoms with Gasteiger partial charge in [0.2, 0.25) is 0 Å². The van der Waals surface area contributed by atoms with Crippen LogP contribution in [0.3, 0.4) is 0 Å². The number of carbonyl (C=O) groups excluding carboxylic acids is 1. The van der Waals surface area contributed by atoms with E-state index in [-0.39, 0.29) is 17.9 Å². The van der Waals surface area contributed by atoms with Crippen LogP contribution in [0.1, 0.15) is 30.4 Å². The number of nitro groups is 1. The van der Waals surface area contributed by atoms with Crippen LogP contribution in [-0.4, -0.2) is 10.7 Å². The maximum atomic E-state index is 12.1. The zero-order valence-electron chi connectivity index (χ0n) is 9.03. The Morgan fingerprint density at radius 1 is 1.35 bits per heavy atom. The van der Waals surface area contributed by atoms with Gasteiger partial charge in [0.15, 0.2) is 0 Å². The summed E-state index contributed by atoms with van der Waals surface area (Å²) in [4.78, 5) is 22.7. The van der Waals surface area contributed by atoms with Crippen molar-refractivity contribution in [2.75, 3.05) is 0 Å². The number of Topliss-reactive ketones (excluding diaryl/α,β-unsaturated/α-hetero) is 1. The van der Waals surface area contributed by atoms with Gasteiger partial charge in [-0.15, -0.1) is 0 Å². The number of fused-ring (bicyclic) bond motifs is 2. The molecule has 0 aromatic heterocycles. The molecule has 0 bridgehead atoms. The van der Waals surface area contributed by atoms with E-state index >= 15 is 0 Å². The molecule has 1 aromatic rings. The molecule has 0 heterocycles. The van der Waals surface area contributed by atoms with E-state index in [0.717, 1.165) is 24.8 Å². The smallest absolute Gasteiger partial charge is 0.274 e. The maximum absolute atomic E-state index is 12.1. The van der Waals surface area contributed by atoms with Crippen LogP contribution in [0.4, 0.5) is 5.69 Å². The number of ketones is 1. The second-order valence-electron chi connectivity index (χ2n) is 4.74. The van der Waals surface area contributed by atoms with Gasteiger partial charge in [0.1, 0.15) is 5.78 Å². The molecule has 1 spiro atoms. The van der Waals surface area contributed by atoms with Crippen LogP contribution in [-0.2, 0) is 16.6 Å². The van der Waals surface area contributed by atoms with Crippen LogP contribution < -0.4 is 0 Å². The van der Waals surface area contributed by atoms with Gasteiger partial charge in [0.05, 0.1) is 10.3 Å². The van der Waals surface area contributed by atoms with Crippen molar-refractivity contribution in [1.29, 1.82) is 0 Å². The van der Waals surface area contributed by atoms with Crippen LogP contribution in [0, 0.1) is 10.1 Å². The van der Waals surface area contributed by atoms with Crippen molar-refractivity contribution in [3.63, 3.8) is 0 Å². The third-order valence-electron chi connectivity index (χ3n) is 3.98. The molecule has 0 amide bonds. The minimum Gasteiger partial charge on any atom is -0.298 e. The summed E-state index contributed by atoms with van der Waals surface area (Å²) in [6, 6.07) is 3.37. The first-order valence-electron chi connectivity index (χ1n) is 5.55. The molecule has 0 unspecified atom stereocenters. The third kappa shape index (κ3) is 1.32. The molecule has 0 aliphatic heterocycles. The van der Waals surface area contributed by atoms with Crippen molar-refractivity contribution in [2.24, 2.45) is 0 Å². The van der Waals surface area contributed by atoms with E-state index in [1.807, 2.05) is 6.07 Å². The summed E-state index contributed by atoms with van der Waals surface area (Å²) in [7, 11) is 0. The van der Waals surface area contributed by atoms with Gasteiger partial charge < -0.3 is 0 Å². The molecule has 2 aliphatic carbocycles. The summed E-state index contributed by atoms with van der Waals surface area (Å²) in [5.41, 5.74) is 1.19. The average Bonchev–Trinajstić information content (AvgIpc) is 2.48. The molecular formula is C12H10BrNO3. The number of benzene rings is 1. The normalized spacial score (nSPS) is 20.2. The first-order valence-corrected chi connectivity index (χ1v) is 6.34. The van der Waals surface area contributed by atoms with Crippen LogP contribution in [0.2, 0.25) is 0 Å². The standard InChI is InChI=1S/C12H10BrNO3/c13-7-4-9-8(10(5-7)14(16)17)6-11(15)12(9)2-1-3-12/h4-5H,1-3,6H2. The Hall–Kier alpha value is -1.23. The van der Waals surface area contributed by atoms with Gasteiger partial charge in [-0.05, 0) is 24.5 Å². The zero-order chi connectivity index (χ0) is 12.2. The van der Waals surface area contributed by atoms with Crippen molar-refractivity contribution in [3.8, 4) is 0 Å². The Morgan fingerprint density at radius 3 is 2.59 bits per heavy atom. The SMILES string of the molecule is O=C1Cc2c([N+](=O)[O-])cc(Br)cc2C12CCC2. The summed E-state index contributed by atoms with van der Waals surface area (Å²) in [6.45, 7) is 0. The first-order chi connectivity index (χ1) is 8.04. The summed E-state index contributed by atoms with van der Waals surface area (Å²) < 4.78 is 0.684. The Kier molecular flexibility index (Phi) is 2.17. The number of nitro benzene ring substituents is 1. The molecule has 0 saturated heterocycles. The average molecular weight is 296 g/mol. The monoisotopic (exact) mass is 295 g/mol. The third-order valence-corrected chi connectivity index (χ3v) is 4.44. The molecular weight excluding hydrogens is 286 g/mol. The number of rotatable bonds is 1. The number of carbonyl (C=O) groups is 1. The molecule has 0 N–H and O–H groups in total. The quantitative estimate of drug-likeness (QED) is 0.591. The van der Waals surface area contributed by atoms with Crippen molar-refractivity contribution in [3.05, 3.63) is 37.8 Å². The highest BCUT2D eigenvalue weighted by Gasteiger charge is 2.52. The van der Waals surface area contributed by atoms with Crippen molar-refractivity contribution < 1.29 is 9.72 Å². The molecule has 0 atom stereocenters. The maximum Gasteiger partial charge on any atom is 0.274 e. The number of nitrogens with zero attached hydrogens (tertiary/aromatic N) is 1. The lowest BCUT2D eigenvalue weighted by Crippen LogP contribution is -2.39. The summed E-state index contributed by atoms with van der Waals surface area (Å²) >= 11 is 3.29. The van der Waals surface area contributed by atoms with Crippen LogP contribution in [0.25, 0.3) is 0 Å². The van der Waals surface area contributed by atoms with Crippen LogP contribution >= 0.6 is 15.9 Å². The number of hydrogen-bond donors (Lipinski definition) is 0. The van der Waals surface area contributed by atoms with Gasteiger partial charge in [-0.25, -0.2) is 0 Å². The number of hydrogen-bond acceptors (Lipinski definition) is 3. The highest BCUT2D eigenvalue weighted by Crippen LogP contribution is 2.52. The van der Waals surface area contributed by atoms with E-state index in [9.17, 15) is 14.9 Å². The lowest BCUT2D eigenvalue weighted by Gasteiger charge is -2.37. The van der Waals surface area contributed by atoms with E-state index in [1.54, 1.807) is 0 Å². The highest BCUT2D eigenvalue weighted by atomic mass is 79.9. The van der Waals surface area contributed by atoms with E-state index in [1.165, 1.54) is 6.07 Å². The van der Waals surface area contributed by atoms with Gasteiger partial charge in [0.25, 0.3) is 5.69 Å². The van der Waals surface area contributed by atoms with E-state index in [4.69, 9.17) is 0 Å². The zero-order valence-corrected chi connectivity index (χ0v) is 10.6. The van der Waals surface area contributed by atoms with E-state index in [0.29, 0.717) is 10.0 Å². The molecule has 2 aliphatic rings. The molecule has 1 fully saturated rings. The lowest BCUT2D eigenvalue weighted by atomic mass is 9.64. The molecule has 1 aromatic carbocycles. The Balaban J connectivity index is 2.25. The first kappa shape index (κ1) is 10.9. The lowest BCUT2D eigenvalue weighted by molar-refractivity contribution is -0.385. The predicted molar refractivity (Wildman–Crippen MR) is 65.0 cm³/mol. The Labute approximate surface area is 106 Å². The van der Waals surface area contributed by atoms with Gasteiger partial charge in [0, 0.05) is 22.5 Å². The van der Waals surface area contributed by atoms with E-state index < -0.39 is 10.3 Å². The highest BCUT2D eigenvalue weighted by molar-refractivity contribution is 9.10. The largest absolute Gasteiger partial charge is 0.298 e. The molecule has 5 heteroatoms. The molecule has 0 radical (unpaired) electrons. The summed E-state index contributed by atoms with van der Waals surface area (Å²) in [6.07, 6.45) is 2.93. The van der Waals surface area contributed by atoms with Gasteiger partial charge in [-0.2, -0.15) is 0 Å². The van der Waals surface area contributed by atoms with Gasteiger partial charge >= 0.3 is 0 Å². The minimum absolute atomic E-state index is 0.0755. The van der Waals surface area contributed by atoms with E-state index in [2.05, 4.69) is 15.9 Å². The Morgan fingerprint density at radius 2 is 2.06 bits per heavy atom. The Bertz CT molecular complexity index is 549. The minimum atomic E-state index is -0.399. The molecule has 17 heavy (non-hydrogen) atoms. The van der Waals surface area contributed by atoms with Crippen LogP contribution in [0.15, 0.2) is 16.6 Å². The van der Waals surface area contributed by atoms with Crippen molar-refractivity contribution >= 4 is 27.4 Å². The predicted octanol–water partition coefficient (Wildman–Crippen LogP) is 2.90. The fourth-order valence-corrected chi connectivity index (χ4v) is 3.40. The molecule has 1 saturated carbocycles. The summed E-state index contributed by atoms with van der Waals surface area (Å²) in [5.74, 6) is 0.153. The second-order valence-corrected chi connectivity index (χ2v) is 5.66. The fraction of sp³-hybridized carbons (Fsp3) is 0.417. The van der Waals surface area contributed by atoms with Gasteiger partial charge in [-0.3, -0.25) is 14.9 Å². The fourth-order valence-electron chi connectivity index (χ4n) is 2.96. The van der Waals surface area contributed by atoms with Crippen molar-refractivity contribution in [1.82, 2.24) is 0 Å². The van der Waals surface area contributed by atoms with Crippen LogP contribution in [0.5, 0.6) is 0 Å². The molecule has 88 valence electrons. The van der Waals surface area contributed by atoms with Gasteiger partial charge in [-0.1, -0.05) is 22.4 Å². The topological polar surface area (TPSA) is 60.2 Å².